The second-order valence-electron chi connectivity index (χ2n) is 7.33. The summed E-state index contributed by atoms with van der Waals surface area (Å²) in [5.74, 6) is 0. The van der Waals surface area contributed by atoms with Crippen LogP contribution in [0.4, 0.5) is 0 Å². The zero-order chi connectivity index (χ0) is 14.8. The number of hydrogen-bond acceptors (Lipinski definition) is 4. The van der Waals surface area contributed by atoms with Gasteiger partial charge in [-0.15, -0.1) is 6.58 Å². The van der Waals surface area contributed by atoms with Gasteiger partial charge in [0.25, 0.3) is 0 Å². The van der Waals surface area contributed by atoms with E-state index in [0.29, 0.717) is 6.04 Å². The first kappa shape index (κ1) is 16.0. The molecule has 2 aliphatic rings. The Morgan fingerprint density at radius 1 is 1.20 bits per heavy atom. The summed E-state index contributed by atoms with van der Waals surface area (Å²) in [4.78, 5) is 7.27. The van der Waals surface area contributed by atoms with E-state index in [1.54, 1.807) is 0 Å². The lowest BCUT2D eigenvalue weighted by Crippen LogP contribution is -2.52. The van der Waals surface area contributed by atoms with Crippen molar-refractivity contribution in [2.75, 3.05) is 52.9 Å². The molecule has 0 bridgehead atoms. The van der Waals surface area contributed by atoms with Gasteiger partial charge in [0.1, 0.15) is 0 Å². The topological polar surface area (TPSA) is 30.0 Å². The smallest absolute Gasteiger partial charge is 0.0834 e. The first-order chi connectivity index (χ1) is 9.41. The molecule has 2 rings (SSSR count). The van der Waals surface area contributed by atoms with Crippen LogP contribution in [0.3, 0.4) is 0 Å². The third-order valence-corrected chi connectivity index (χ3v) is 4.69. The summed E-state index contributed by atoms with van der Waals surface area (Å²) >= 11 is 0. The van der Waals surface area contributed by atoms with Gasteiger partial charge in [0, 0.05) is 51.9 Å². The summed E-state index contributed by atoms with van der Waals surface area (Å²) in [6, 6.07) is 0.322. The molecule has 0 aliphatic carbocycles. The van der Waals surface area contributed by atoms with E-state index >= 15 is 0 Å². The fourth-order valence-electron chi connectivity index (χ4n) is 3.55. The highest BCUT2D eigenvalue weighted by atomic mass is 16.3. The molecule has 0 aromatic carbocycles. The number of rotatable bonds is 5. The lowest BCUT2D eigenvalue weighted by Gasteiger charge is -2.37. The average molecular weight is 281 g/mol. The minimum Gasteiger partial charge on any atom is -0.390 e. The van der Waals surface area contributed by atoms with Crippen LogP contribution in [-0.4, -0.2) is 84.8 Å². The molecule has 2 saturated heterocycles. The van der Waals surface area contributed by atoms with Crippen molar-refractivity contribution < 1.29 is 5.11 Å². The average Bonchev–Trinajstić information content (AvgIpc) is 2.70. The first-order valence-corrected chi connectivity index (χ1v) is 7.85. The van der Waals surface area contributed by atoms with E-state index in [2.05, 4.69) is 42.2 Å². The molecule has 0 unspecified atom stereocenters. The molecule has 2 fully saturated rings. The number of nitrogens with zero attached hydrogens (tertiary/aromatic N) is 3. The number of likely N-dealkylation sites (N-methyl/N-ethyl adjacent to an activating group) is 1. The Hall–Kier alpha value is -0.420. The lowest BCUT2D eigenvalue weighted by atomic mass is 9.89. The van der Waals surface area contributed by atoms with Crippen molar-refractivity contribution in [3.05, 3.63) is 12.7 Å². The van der Waals surface area contributed by atoms with Crippen LogP contribution in [0, 0.1) is 5.41 Å². The summed E-state index contributed by atoms with van der Waals surface area (Å²) in [6.07, 6.45) is 2.83. The van der Waals surface area contributed by atoms with Gasteiger partial charge in [0.2, 0.25) is 0 Å². The van der Waals surface area contributed by atoms with Crippen molar-refractivity contribution in [2.24, 2.45) is 5.41 Å². The summed E-state index contributed by atoms with van der Waals surface area (Å²) in [7, 11) is 2.17. The third kappa shape index (κ3) is 4.04. The van der Waals surface area contributed by atoms with E-state index in [4.69, 9.17) is 0 Å². The van der Waals surface area contributed by atoms with E-state index in [1.165, 1.54) is 0 Å². The zero-order valence-corrected chi connectivity index (χ0v) is 13.4. The van der Waals surface area contributed by atoms with Crippen LogP contribution in [-0.2, 0) is 0 Å². The van der Waals surface area contributed by atoms with Crippen LogP contribution in [0.15, 0.2) is 12.7 Å². The van der Waals surface area contributed by atoms with E-state index in [1.807, 2.05) is 6.08 Å². The Morgan fingerprint density at radius 2 is 1.85 bits per heavy atom. The molecule has 0 radical (unpaired) electrons. The molecule has 0 spiro atoms. The normalized spacial score (nSPS) is 30.8. The molecular weight excluding hydrogens is 250 g/mol. The van der Waals surface area contributed by atoms with E-state index in [0.717, 1.165) is 52.2 Å². The molecule has 0 amide bonds. The van der Waals surface area contributed by atoms with Crippen molar-refractivity contribution in [1.82, 2.24) is 14.7 Å². The molecule has 116 valence electrons. The molecule has 1 N–H and O–H groups in total. The molecule has 0 aromatic heterocycles. The Balaban J connectivity index is 1.87. The Labute approximate surface area is 124 Å². The molecule has 20 heavy (non-hydrogen) atoms. The number of allylic oxidation sites excluding steroid dienone is 1. The molecule has 0 aromatic rings. The summed E-state index contributed by atoms with van der Waals surface area (Å²) < 4.78 is 0. The maximum atomic E-state index is 10.4. The Bertz CT molecular complexity index is 324. The van der Waals surface area contributed by atoms with Crippen LogP contribution < -0.4 is 0 Å². The quantitative estimate of drug-likeness (QED) is 0.758. The second-order valence-corrected chi connectivity index (χ2v) is 7.33. The van der Waals surface area contributed by atoms with E-state index in [9.17, 15) is 5.11 Å². The Kier molecular flexibility index (Phi) is 5.24. The fourth-order valence-corrected chi connectivity index (χ4v) is 3.55. The largest absolute Gasteiger partial charge is 0.390 e. The van der Waals surface area contributed by atoms with Gasteiger partial charge in [0.15, 0.2) is 0 Å². The highest BCUT2D eigenvalue weighted by molar-refractivity contribution is 4.94. The maximum absolute atomic E-state index is 10.4. The van der Waals surface area contributed by atoms with E-state index in [-0.39, 0.29) is 11.5 Å². The second kappa shape index (κ2) is 6.56. The highest BCUT2D eigenvalue weighted by Gasteiger charge is 2.37. The minimum atomic E-state index is -0.196. The predicted molar refractivity (Wildman–Crippen MR) is 83.9 cm³/mol. The number of hydrogen-bond donors (Lipinski definition) is 1. The molecule has 4 nitrogen and oxygen atoms in total. The summed E-state index contributed by atoms with van der Waals surface area (Å²) in [6.45, 7) is 15.7. The lowest BCUT2D eigenvalue weighted by molar-refractivity contribution is 0.0512. The van der Waals surface area contributed by atoms with Gasteiger partial charge in [-0.05, 0) is 18.9 Å². The van der Waals surface area contributed by atoms with Crippen LogP contribution in [0.5, 0.6) is 0 Å². The van der Waals surface area contributed by atoms with Crippen molar-refractivity contribution in [2.45, 2.75) is 32.4 Å². The summed E-state index contributed by atoms with van der Waals surface area (Å²) in [5.41, 5.74) is 0.248. The van der Waals surface area contributed by atoms with Gasteiger partial charge in [0.05, 0.1) is 6.10 Å². The fraction of sp³-hybridized carbons (Fsp3) is 0.875. The first-order valence-electron chi connectivity index (χ1n) is 7.85. The monoisotopic (exact) mass is 281 g/mol. The van der Waals surface area contributed by atoms with Crippen LogP contribution in [0.2, 0.25) is 0 Å². The Morgan fingerprint density at radius 3 is 2.45 bits per heavy atom. The highest BCUT2D eigenvalue weighted by Crippen LogP contribution is 2.26. The third-order valence-electron chi connectivity index (χ3n) is 4.69. The number of aliphatic hydroxyl groups is 1. The standard InChI is InChI=1S/C16H31N3O/c1-5-6-16(2,3)13-18-11-14(15(20)12-18)19-9-7-17(4)8-10-19/h5,14-15,20H,1,6-13H2,2-4H3/t14-,15-/m0/s1. The minimum absolute atomic E-state index is 0.196. The molecular formula is C16H31N3O. The van der Waals surface area contributed by atoms with Gasteiger partial charge < -0.3 is 10.0 Å². The SMILES string of the molecule is C=CCC(C)(C)CN1C[C@H](O)[C@@H](N2CCN(C)CC2)C1. The molecule has 4 heteroatoms. The zero-order valence-electron chi connectivity index (χ0n) is 13.4. The molecule has 2 atom stereocenters. The van der Waals surface area contributed by atoms with Gasteiger partial charge in [-0.1, -0.05) is 19.9 Å². The van der Waals surface area contributed by atoms with Crippen molar-refractivity contribution in [3.63, 3.8) is 0 Å². The molecule has 0 saturated carbocycles. The van der Waals surface area contributed by atoms with Crippen LogP contribution in [0.25, 0.3) is 0 Å². The molecule has 2 heterocycles. The number of β-amino-alcohol motifs (C(OH)–C–C–N with tert-alkyl or cyclic N) is 1. The van der Waals surface area contributed by atoms with Crippen molar-refractivity contribution in [3.8, 4) is 0 Å². The van der Waals surface area contributed by atoms with Gasteiger partial charge in [-0.25, -0.2) is 0 Å². The van der Waals surface area contributed by atoms with Gasteiger partial charge in [-0.2, -0.15) is 0 Å². The number of aliphatic hydroxyl groups excluding tert-OH is 1. The maximum Gasteiger partial charge on any atom is 0.0834 e. The van der Waals surface area contributed by atoms with Crippen LogP contribution >= 0.6 is 0 Å². The van der Waals surface area contributed by atoms with Crippen molar-refractivity contribution in [1.29, 1.82) is 0 Å². The van der Waals surface area contributed by atoms with Gasteiger partial charge in [-0.3, -0.25) is 9.80 Å². The van der Waals surface area contributed by atoms with Crippen LogP contribution in [0.1, 0.15) is 20.3 Å². The number of piperazine rings is 1. The summed E-state index contributed by atoms with van der Waals surface area (Å²) in [5, 5.41) is 10.4. The molecule has 2 aliphatic heterocycles. The van der Waals surface area contributed by atoms with Gasteiger partial charge >= 0.3 is 0 Å². The van der Waals surface area contributed by atoms with E-state index < -0.39 is 0 Å². The number of likely N-dealkylation sites (tertiary alicyclic amines) is 1. The predicted octanol–water partition coefficient (Wildman–Crippen LogP) is 0.881. The van der Waals surface area contributed by atoms with Crippen molar-refractivity contribution >= 4 is 0 Å².